The van der Waals surface area contributed by atoms with E-state index in [0.29, 0.717) is 18.2 Å². The summed E-state index contributed by atoms with van der Waals surface area (Å²) in [6.07, 6.45) is -2.74. The van der Waals surface area contributed by atoms with Crippen LogP contribution in [-0.4, -0.2) is 23.1 Å². The molecule has 3 rings (SSSR count). The van der Waals surface area contributed by atoms with E-state index in [1.54, 1.807) is 10.9 Å². The molecule has 142 valence electrons. The second kappa shape index (κ2) is 7.82. The van der Waals surface area contributed by atoms with Crippen LogP contribution in [0.1, 0.15) is 5.56 Å². The van der Waals surface area contributed by atoms with E-state index in [-0.39, 0.29) is 5.15 Å². The largest absolute Gasteiger partial charge is 0.416 e. The summed E-state index contributed by atoms with van der Waals surface area (Å²) in [5.74, 6) is 0. The molecule has 27 heavy (non-hydrogen) atoms. The number of anilines is 1. The molecule has 0 radical (unpaired) electrons. The Morgan fingerprint density at radius 3 is 2.00 bits per heavy atom. The Morgan fingerprint density at radius 2 is 1.52 bits per heavy atom. The van der Waals surface area contributed by atoms with Crippen molar-refractivity contribution < 1.29 is 13.2 Å². The zero-order valence-corrected chi connectivity index (χ0v) is 15.9. The molecule has 3 aromatic rings. The molecule has 0 aliphatic rings. The lowest BCUT2D eigenvalue weighted by Gasteiger charge is -2.20. The quantitative estimate of drug-likeness (QED) is 0.510. The first kappa shape index (κ1) is 19.6. The summed E-state index contributed by atoms with van der Waals surface area (Å²) in [4.78, 5) is 5.98. The van der Waals surface area contributed by atoms with Crippen molar-refractivity contribution in [2.45, 2.75) is 12.7 Å². The molecule has 0 fully saturated rings. The smallest absolute Gasteiger partial charge is 0.373 e. The molecular weight excluding hydrogens is 398 g/mol. The van der Waals surface area contributed by atoms with Crippen LogP contribution in [0.25, 0.3) is 11.1 Å². The van der Waals surface area contributed by atoms with Crippen molar-refractivity contribution in [2.24, 2.45) is 0 Å². The number of hydrogen-bond donors (Lipinski definition) is 0. The second-order valence-corrected chi connectivity index (χ2v) is 6.78. The number of aromatic nitrogens is 2. The fourth-order valence-corrected chi connectivity index (χ4v) is 2.97. The van der Waals surface area contributed by atoms with Crippen LogP contribution < -0.4 is 4.90 Å². The van der Waals surface area contributed by atoms with Crippen LogP contribution in [0.15, 0.2) is 54.9 Å². The molecule has 0 N–H and O–H groups in total. The normalized spacial score (nSPS) is 11.6. The van der Waals surface area contributed by atoms with Crippen molar-refractivity contribution in [1.82, 2.24) is 9.55 Å². The Labute approximate surface area is 165 Å². The molecule has 0 saturated carbocycles. The lowest BCUT2D eigenvalue weighted by Crippen LogP contribution is -2.22. The van der Waals surface area contributed by atoms with Gasteiger partial charge in [-0.25, -0.2) is 4.98 Å². The van der Waals surface area contributed by atoms with E-state index >= 15 is 0 Å². The van der Waals surface area contributed by atoms with E-state index in [9.17, 15) is 13.2 Å². The first-order chi connectivity index (χ1) is 12.8. The summed E-state index contributed by atoms with van der Waals surface area (Å²) in [5, 5.41) is 0.683. The van der Waals surface area contributed by atoms with Crippen molar-refractivity contribution in [1.29, 1.82) is 0 Å². The molecule has 0 unspecified atom stereocenters. The van der Waals surface area contributed by atoms with Crippen LogP contribution in [0.4, 0.5) is 18.9 Å². The van der Waals surface area contributed by atoms with E-state index in [1.807, 2.05) is 36.2 Å². The van der Waals surface area contributed by atoms with Crippen LogP contribution in [0, 0.1) is 0 Å². The summed E-state index contributed by atoms with van der Waals surface area (Å²) < 4.78 is 39.7. The zero-order chi connectivity index (χ0) is 19.6. The number of alkyl halides is 3. The Morgan fingerprint density at radius 1 is 0.963 bits per heavy atom. The van der Waals surface area contributed by atoms with Gasteiger partial charge in [0.25, 0.3) is 0 Å². The highest BCUT2D eigenvalue weighted by Gasteiger charge is 2.29. The van der Waals surface area contributed by atoms with Crippen LogP contribution in [0.3, 0.4) is 0 Å². The minimum Gasteiger partial charge on any atom is -0.373 e. The molecule has 3 nitrogen and oxygen atoms in total. The third-order valence-electron chi connectivity index (χ3n) is 4.26. The van der Waals surface area contributed by atoms with Gasteiger partial charge in [0.05, 0.1) is 11.9 Å². The molecular formula is C19H16Cl2F3N3. The summed E-state index contributed by atoms with van der Waals surface area (Å²) in [7, 11) is 1.94. The predicted molar refractivity (Wildman–Crippen MR) is 102 cm³/mol. The molecule has 0 aliphatic heterocycles. The molecule has 0 spiro atoms. The SMILES string of the molecule is CN(CCn1cnc(Cl)c1Cl)c1ccc(-c2ccc(C(F)(F)F)cc2)cc1. The van der Waals surface area contributed by atoms with Gasteiger partial charge in [0, 0.05) is 25.8 Å². The first-order valence-corrected chi connectivity index (χ1v) is 8.86. The summed E-state index contributed by atoms with van der Waals surface area (Å²) in [5.41, 5.74) is 1.91. The Balaban J connectivity index is 1.66. The summed E-state index contributed by atoms with van der Waals surface area (Å²) >= 11 is 11.9. The number of likely N-dealkylation sites (N-methyl/N-ethyl adjacent to an activating group) is 1. The van der Waals surface area contributed by atoms with Gasteiger partial charge in [-0.15, -0.1) is 0 Å². The van der Waals surface area contributed by atoms with Crippen molar-refractivity contribution in [3.8, 4) is 11.1 Å². The van der Waals surface area contributed by atoms with Gasteiger partial charge in [-0.3, -0.25) is 0 Å². The van der Waals surface area contributed by atoms with Gasteiger partial charge in [-0.1, -0.05) is 47.5 Å². The predicted octanol–water partition coefficient (Wildman–Crippen LogP) is 6.01. The van der Waals surface area contributed by atoms with Crippen molar-refractivity contribution in [2.75, 3.05) is 18.5 Å². The average molecular weight is 414 g/mol. The standard InChI is InChI=1S/C19H16Cl2F3N3/c1-26(10-11-27-12-25-17(20)18(27)21)16-8-4-14(5-9-16)13-2-6-15(7-3-13)19(22,23)24/h2-9,12H,10-11H2,1H3. The molecule has 0 amide bonds. The Bertz CT molecular complexity index is 903. The zero-order valence-electron chi connectivity index (χ0n) is 14.3. The fraction of sp³-hybridized carbons (Fsp3) is 0.211. The molecule has 0 aliphatic carbocycles. The van der Waals surface area contributed by atoms with Crippen LogP contribution in [-0.2, 0) is 12.7 Å². The number of nitrogens with zero attached hydrogens (tertiary/aromatic N) is 3. The van der Waals surface area contributed by atoms with Crippen molar-refractivity contribution >= 4 is 28.9 Å². The highest BCUT2D eigenvalue weighted by Crippen LogP contribution is 2.31. The Kier molecular flexibility index (Phi) is 5.67. The summed E-state index contributed by atoms with van der Waals surface area (Å²) in [6.45, 7) is 1.31. The van der Waals surface area contributed by atoms with E-state index in [1.165, 1.54) is 12.1 Å². The molecule has 8 heteroatoms. The van der Waals surface area contributed by atoms with Crippen LogP contribution >= 0.6 is 23.2 Å². The maximum absolute atomic E-state index is 12.7. The molecule has 1 heterocycles. The van der Waals surface area contributed by atoms with Gasteiger partial charge in [0.15, 0.2) is 5.15 Å². The fourth-order valence-electron chi connectivity index (χ4n) is 2.65. The van der Waals surface area contributed by atoms with Gasteiger partial charge in [0.2, 0.25) is 0 Å². The lowest BCUT2D eigenvalue weighted by atomic mass is 10.0. The van der Waals surface area contributed by atoms with Gasteiger partial charge in [-0.05, 0) is 35.4 Å². The highest BCUT2D eigenvalue weighted by molar-refractivity contribution is 6.40. The van der Waals surface area contributed by atoms with E-state index in [2.05, 4.69) is 4.98 Å². The molecule has 0 saturated heterocycles. The average Bonchev–Trinajstić information content (AvgIpc) is 2.97. The monoisotopic (exact) mass is 413 g/mol. The first-order valence-electron chi connectivity index (χ1n) is 8.10. The number of rotatable bonds is 5. The number of imidazole rings is 1. The molecule has 0 atom stereocenters. The van der Waals surface area contributed by atoms with Crippen molar-refractivity contribution in [3.05, 3.63) is 70.7 Å². The van der Waals surface area contributed by atoms with E-state index in [4.69, 9.17) is 23.2 Å². The summed E-state index contributed by atoms with van der Waals surface area (Å²) in [6, 6.07) is 12.8. The maximum atomic E-state index is 12.7. The minimum atomic E-state index is -4.33. The third-order valence-corrected chi connectivity index (χ3v) is 5.03. The number of hydrogen-bond acceptors (Lipinski definition) is 2. The van der Waals surface area contributed by atoms with Crippen molar-refractivity contribution in [3.63, 3.8) is 0 Å². The molecule has 1 aromatic heterocycles. The number of benzene rings is 2. The highest BCUT2D eigenvalue weighted by atomic mass is 35.5. The Hall–Kier alpha value is -2.18. The van der Waals surface area contributed by atoms with Gasteiger partial charge in [-0.2, -0.15) is 13.2 Å². The van der Waals surface area contributed by atoms with Crippen LogP contribution in [0.5, 0.6) is 0 Å². The second-order valence-electron chi connectivity index (χ2n) is 6.06. The number of halogens is 5. The van der Waals surface area contributed by atoms with Crippen LogP contribution in [0.2, 0.25) is 10.3 Å². The van der Waals surface area contributed by atoms with E-state index < -0.39 is 11.7 Å². The third kappa shape index (κ3) is 4.57. The van der Waals surface area contributed by atoms with E-state index in [0.717, 1.165) is 28.9 Å². The van der Waals surface area contributed by atoms with Gasteiger partial charge in [0.1, 0.15) is 5.15 Å². The molecule has 2 aromatic carbocycles. The van der Waals surface area contributed by atoms with Gasteiger partial charge < -0.3 is 9.47 Å². The topological polar surface area (TPSA) is 21.1 Å². The minimum absolute atomic E-state index is 0.278. The van der Waals surface area contributed by atoms with Gasteiger partial charge >= 0.3 is 6.18 Å². The molecule has 0 bridgehead atoms. The lowest BCUT2D eigenvalue weighted by molar-refractivity contribution is -0.137. The maximum Gasteiger partial charge on any atom is 0.416 e.